The molecule has 0 aliphatic heterocycles. The number of aryl methyl sites for hydroxylation is 2. The zero-order valence-electron chi connectivity index (χ0n) is 9.32. The molecule has 0 fully saturated rings. The number of pyridine rings is 1. The molecule has 0 saturated carbocycles. The van der Waals surface area contributed by atoms with E-state index in [9.17, 15) is 10.1 Å². The topological polar surface area (TPSA) is 47.0 Å². The van der Waals surface area contributed by atoms with Crippen molar-refractivity contribution >= 4 is 5.69 Å². The number of non-ortho nitro benzene ring substituents is 1. The minimum absolute atomic E-state index is 0.140. The van der Waals surface area contributed by atoms with Crippen molar-refractivity contribution in [3.8, 4) is 0 Å². The average Bonchev–Trinajstić information content (AvgIpc) is 2.38. The lowest BCUT2D eigenvalue weighted by atomic mass is 10.1. The van der Waals surface area contributed by atoms with Crippen LogP contribution in [0.15, 0.2) is 54.9 Å². The van der Waals surface area contributed by atoms with Crippen LogP contribution in [0.3, 0.4) is 0 Å². The first kappa shape index (κ1) is 11.3. The highest BCUT2D eigenvalue weighted by Crippen LogP contribution is 2.12. The molecule has 2 aromatic rings. The summed E-state index contributed by atoms with van der Waals surface area (Å²) in [7, 11) is 0. The molecular formula is C13H13N2O2+. The van der Waals surface area contributed by atoms with Crippen molar-refractivity contribution in [3.63, 3.8) is 0 Å². The quantitative estimate of drug-likeness (QED) is 0.458. The third kappa shape index (κ3) is 3.11. The van der Waals surface area contributed by atoms with E-state index in [-0.39, 0.29) is 10.6 Å². The SMILES string of the molecule is O=[N+]([O-])c1ccc(CC[n+]2ccccc2)cc1. The van der Waals surface area contributed by atoms with Gasteiger partial charge in [-0.15, -0.1) is 0 Å². The largest absolute Gasteiger partial charge is 0.269 e. The normalized spacial score (nSPS) is 10.1. The van der Waals surface area contributed by atoms with Gasteiger partial charge in [0.1, 0.15) is 0 Å². The maximum Gasteiger partial charge on any atom is 0.269 e. The van der Waals surface area contributed by atoms with Gasteiger partial charge >= 0.3 is 0 Å². The molecule has 0 aliphatic rings. The minimum atomic E-state index is -0.379. The third-order valence-electron chi connectivity index (χ3n) is 2.58. The summed E-state index contributed by atoms with van der Waals surface area (Å²) >= 11 is 0. The van der Waals surface area contributed by atoms with Crippen LogP contribution in [-0.2, 0) is 13.0 Å². The molecule has 4 nitrogen and oxygen atoms in total. The number of nitrogens with zero attached hydrogens (tertiary/aromatic N) is 2. The highest BCUT2D eigenvalue weighted by molar-refractivity contribution is 5.32. The molecule has 0 saturated heterocycles. The lowest BCUT2D eigenvalue weighted by Crippen LogP contribution is -2.33. The van der Waals surface area contributed by atoms with Crippen molar-refractivity contribution in [1.29, 1.82) is 0 Å². The first-order chi connectivity index (χ1) is 8.25. The van der Waals surface area contributed by atoms with Crippen LogP contribution in [0.25, 0.3) is 0 Å². The number of benzene rings is 1. The van der Waals surface area contributed by atoms with Gasteiger partial charge in [0.2, 0.25) is 0 Å². The number of nitro groups is 1. The molecule has 0 unspecified atom stereocenters. The van der Waals surface area contributed by atoms with Gasteiger partial charge in [-0.2, -0.15) is 0 Å². The van der Waals surface area contributed by atoms with E-state index in [1.54, 1.807) is 12.1 Å². The summed E-state index contributed by atoms with van der Waals surface area (Å²) in [5.74, 6) is 0. The summed E-state index contributed by atoms with van der Waals surface area (Å²) < 4.78 is 2.08. The van der Waals surface area contributed by atoms with Crippen molar-refractivity contribution in [2.24, 2.45) is 0 Å². The van der Waals surface area contributed by atoms with Crippen molar-refractivity contribution in [1.82, 2.24) is 0 Å². The molecule has 1 heterocycles. The van der Waals surface area contributed by atoms with Crippen LogP contribution in [0, 0.1) is 10.1 Å². The van der Waals surface area contributed by atoms with E-state index in [1.165, 1.54) is 0 Å². The molecule has 0 atom stereocenters. The van der Waals surface area contributed by atoms with Crippen LogP contribution in [0.4, 0.5) is 5.69 Å². The van der Waals surface area contributed by atoms with Gasteiger partial charge in [-0.25, -0.2) is 4.57 Å². The number of aromatic nitrogens is 1. The van der Waals surface area contributed by atoms with Gasteiger partial charge in [-0.1, -0.05) is 18.2 Å². The molecule has 0 radical (unpaired) electrons. The van der Waals surface area contributed by atoms with Gasteiger partial charge in [-0.3, -0.25) is 10.1 Å². The monoisotopic (exact) mass is 229 g/mol. The summed E-state index contributed by atoms with van der Waals surface area (Å²) in [6.07, 6.45) is 4.88. The Labute approximate surface area is 99.3 Å². The van der Waals surface area contributed by atoms with Crippen molar-refractivity contribution < 1.29 is 9.49 Å². The van der Waals surface area contributed by atoms with Crippen molar-refractivity contribution in [2.45, 2.75) is 13.0 Å². The standard InChI is InChI=1S/C13H13N2O2/c16-15(17)13-6-4-12(5-7-13)8-11-14-9-2-1-3-10-14/h1-7,9-10H,8,11H2/q+1. The Kier molecular flexibility index (Phi) is 3.45. The number of hydrogen-bond donors (Lipinski definition) is 0. The number of hydrogen-bond acceptors (Lipinski definition) is 2. The maximum atomic E-state index is 10.5. The molecule has 0 N–H and O–H groups in total. The fourth-order valence-corrected chi connectivity index (χ4v) is 1.63. The van der Waals surface area contributed by atoms with Gasteiger partial charge in [0.25, 0.3) is 5.69 Å². The Morgan fingerprint density at radius 1 is 1.06 bits per heavy atom. The molecule has 0 amide bonds. The van der Waals surface area contributed by atoms with E-state index in [1.807, 2.05) is 42.7 Å². The smallest absolute Gasteiger partial charge is 0.258 e. The van der Waals surface area contributed by atoms with Crippen molar-refractivity contribution in [2.75, 3.05) is 0 Å². The molecule has 0 spiro atoms. The summed E-state index contributed by atoms with van der Waals surface area (Å²) in [5.41, 5.74) is 1.24. The molecule has 86 valence electrons. The molecule has 0 aliphatic carbocycles. The van der Waals surface area contributed by atoms with E-state index in [4.69, 9.17) is 0 Å². The zero-order chi connectivity index (χ0) is 12.1. The van der Waals surface area contributed by atoms with Crippen LogP contribution >= 0.6 is 0 Å². The van der Waals surface area contributed by atoms with E-state index in [0.717, 1.165) is 18.5 Å². The Morgan fingerprint density at radius 3 is 2.29 bits per heavy atom. The second kappa shape index (κ2) is 5.21. The van der Waals surface area contributed by atoms with Crippen molar-refractivity contribution in [3.05, 3.63) is 70.5 Å². The molecular weight excluding hydrogens is 216 g/mol. The van der Waals surface area contributed by atoms with Crippen LogP contribution in [0.1, 0.15) is 5.56 Å². The summed E-state index contributed by atoms with van der Waals surface area (Å²) in [6.45, 7) is 0.874. The van der Waals surface area contributed by atoms with Crippen LogP contribution in [0.2, 0.25) is 0 Å². The Morgan fingerprint density at radius 2 is 1.71 bits per heavy atom. The van der Waals surface area contributed by atoms with Crippen LogP contribution in [0.5, 0.6) is 0 Å². The van der Waals surface area contributed by atoms with Gasteiger partial charge in [0.05, 0.1) is 4.92 Å². The molecule has 1 aromatic carbocycles. The lowest BCUT2D eigenvalue weighted by Gasteiger charge is -1.98. The summed E-state index contributed by atoms with van der Waals surface area (Å²) in [5, 5.41) is 10.5. The van der Waals surface area contributed by atoms with Gasteiger partial charge in [-0.05, 0) is 5.56 Å². The van der Waals surface area contributed by atoms with Crippen LogP contribution < -0.4 is 4.57 Å². The lowest BCUT2D eigenvalue weighted by molar-refractivity contribution is -0.696. The second-order valence-electron chi connectivity index (χ2n) is 3.79. The Balaban J connectivity index is 1.98. The maximum absolute atomic E-state index is 10.5. The Hall–Kier alpha value is -2.23. The first-order valence-corrected chi connectivity index (χ1v) is 5.43. The van der Waals surface area contributed by atoms with E-state index >= 15 is 0 Å². The predicted octanol–water partition coefficient (Wildman–Crippen LogP) is 2.12. The first-order valence-electron chi connectivity index (χ1n) is 5.43. The highest BCUT2D eigenvalue weighted by Gasteiger charge is 2.05. The molecule has 17 heavy (non-hydrogen) atoms. The molecule has 4 heteroatoms. The minimum Gasteiger partial charge on any atom is -0.258 e. The fourth-order valence-electron chi connectivity index (χ4n) is 1.63. The predicted molar refractivity (Wildman–Crippen MR) is 63.4 cm³/mol. The van der Waals surface area contributed by atoms with Gasteiger partial charge < -0.3 is 0 Å². The number of rotatable bonds is 4. The molecule has 1 aromatic heterocycles. The molecule has 2 rings (SSSR count). The third-order valence-corrected chi connectivity index (χ3v) is 2.58. The van der Waals surface area contributed by atoms with Gasteiger partial charge in [0.15, 0.2) is 18.9 Å². The molecule has 0 bridgehead atoms. The Bertz CT molecular complexity index is 495. The van der Waals surface area contributed by atoms with E-state index in [2.05, 4.69) is 4.57 Å². The van der Waals surface area contributed by atoms with E-state index in [0.29, 0.717) is 0 Å². The van der Waals surface area contributed by atoms with E-state index < -0.39 is 0 Å². The summed E-state index contributed by atoms with van der Waals surface area (Å²) in [4.78, 5) is 10.1. The van der Waals surface area contributed by atoms with Gasteiger partial charge in [0, 0.05) is 30.7 Å². The second-order valence-corrected chi connectivity index (χ2v) is 3.79. The highest BCUT2D eigenvalue weighted by atomic mass is 16.6. The fraction of sp³-hybridized carbons (Fsp3) is 0.154. The number of nitro benzene ring substituents is 1. The zero-order valence-corrected chi connectivity index (χ0v) is 9.32. The van der Waals surface area contributed by atoms with Crippen LogP contribution in [-0.4, -0.2) is 4.92 Å². The summed E-state index contributed by atoms with van der Waals surface area (Å²) in [6, 6.07) is 12.6. The average molecular weight is 229 g/mol.